The molecule has 0 amide bonds. The van der Waals surface area contributed by atoms with Crippen molar-refractivity contribution in [1.29, 1.82) is 0 Å². The first-order chi connectivity index (χ1) is 8.66. The van der Waals surface area contributed by atoms with Gasteiger partial charge in [0.25, 0.3) is 0 Å². The van der Waals surface area contributed by atoms with Gasteiger partial charge in [-0.1, -0.05) is 13.8 Å². The van der Waals surface area contributed by atoms with E-state index in [1.807, 2.05) is 20.0 Å². The summed E-state index contributed by atoms with van der Waals surface area (Å²) in [5.41, 5.74) is 1.19. The molecule has 2 aromatic heterocycles. The molecule has 1 unspecified atom stereocenters. The van der Waals surface area contributed by atoms with Crippen LogP contribution < -0.4 is 5.32 Å². The van der Waals surface area contributed by atoms with Crippen LogP contribution in [0.3, 0.4) is 0 Å². The monoisotopic (exact) mass is 282 g/mol. The van der Waals surface area contributed by atoms with E-state index in [0.717, 1.165) is 11.6 Å². The molecule has 0 aliphatic heterocycles. The van der Waals surface area contributed by atoms with Crippen LogP contribution in [-0.4, -0.2) is 22.7 Å². The topological polar surface area (TPSA) is 45.1 Å². The molecule has 0 saturated carbocycles. The average Bonchev–Trinajstić information content (AvgIpc) is 2.98. The van der Waals surface area contributed by atoms with E-state index < -0.39 is 0 Å². The van der Waals surface area contributed by atoms with Gasteiger partial charge < -0.3 is 10.4 Å². The number of rotatable bonds is 6. The Bertz CT molecular complexity index is 465. The first kappa shape index (κ1) is 13.7. The van der Waals surface area contributed by atoms with Crippen LogP contribution in [0.1, 0.15) is 18.7 Å². The Kier molecular flexibility index (Phi) is 4.88. The summed E-state index contributed by atoms with van der Waals surface area (Å²) in [5.74, 6) is 0.292. The van der Waals surface area contributed by atoms with Crippen molar-refractivity contribution in [2.75, 3.05) is 6.54 Å². The van der Waals surface area contributed by atoms with Crippen LogP contribution in [-0.2, 0) is 6.54 Å². The number of hydrogen-bond acceptors (Lipinski definition) is 5. The van der Waals surface area contributed by atoms with Crippen LogP contribution in [0.15, 0.2) is 23.0 Å². The largest absolute Gasteiger partial charge is 0.392 e. The summed E-state index contributed by atoms with van der Waals surface area (Å²) in [6.07, 6.45) is 1.63. The fraction of sp³-hybridized carbons (Fsp3) is 0.462. The minimum absolute atomic E-state index is 0.283. The third kappa shape index (κ3) is 3.62. The Hall–Kier alpha value is -0.750. The first-order valence-electron chi connectivity index (χ1n) is 6.03. The molecule has 1 atom stereocenters. The molecule has 5 heteroatoms. The lowest BCUT2D eigenvalue weighted by Crippen LogP contribution is -2.29. The van der Waals surface area contributed by atoms with E-state index in [9.17, 15) is 5.11 Å². The van der Waals surface area contributed by atoms with Crippen LogP contribution >= 0.6 is 22.7 Å². The number of nitrogens with zero attached hydrogens (tertiary/aromatic N) is 1. The van der Waals surface area contributed by atoms with Gasteiger partial charge in [0.15, 0.2) is 0 Å². The summed E-state index contributed by atoms with van der Waals surface area (Å²) in [4.78, 5) is 5.62. The van der Waals surface area contributed by atoms with E-state index in [4.69, 9.17) is 0 Å². The third-order valence-electron chi connectivity index (χ3n) is 2.74. The molecule has 0 aromatic carbocycles. The Morgan fingerprint density at radius 1 is 1.44 bits per heavy atom. The summed E-state index contributed by atoms with van der Waals surface area (Å²) < 4.78 is 0. The predicted molar refractivity (Wildman–Crippen MR) is 78.0 cm³/mol. The molecule has 0 spiro atoms. The second-order valence-corrected chi connectivity index (χ2v) is 6.48. The van der Waals surface area contributed by atoms with Crippen molar-refractivity contribution < 1.29 is 5.11 Å². The number of thiophene rings is 1. The number of hydrogen-bond donors (Lipinski definition) is 2. The van der Waals surface area contributed by atoms with Crippen molar-refractivity contribution in [2.45, 2.75) is 26.5 Å². The second-order valence-electron chi connectivity index (χ2n) is 4.59. The minimum Gasteiger partial charge on any atom is -0.392 e. The minimum atomic E-state index is -0.283. The quantitative estimate of drug-likeness (QED) is 0.856. The van der Waals surface area contributed by atoms with Gasteiger partial charge in [-0.2, -0.15) is 11.3 Å². The molecule has 2 rings (SSSR count). The van der Waals surface area contributed by atoms with Gasteiger partial charge in [0.05, 0.1) is 6.10 Å². The van der Waals surface area contributed by atoms with Gasteiger partial charge in [-0.25, -0.2) is 4.98 Å². The molecule has 2 aromatic rings. The number of aromatic nitrogens is 1. The van der Waals surface area contributed by atoms with Crippen molar-refractivity contribution in [2.24, 2.45) is 5.92 Å². The lowest BCUT2D eigenvalue weighted by molar-refractivity contribution is 0.123. The number of thiazole rings is 1. The summed E-state index contributed by atoms with van der Waals surface area (Å²) in [6.45, 7) is 5.44. The van der Waals surface area contributed by atoms with Crippen molar-refractivity contribution in [3.05, 3.63) is 27.9 Å². The zero-order chi connectivity index (χ0) is 13.0. The zero-order valence-corrected chi connectivity index (χ0v) is 12.2. The first-order valence-corrected chi connectivity index (χ1v) is 7.79. The second kappa shape index (κ2) is 6.43. The van der Waals surface area contributed by atoms with Crippen LogP contribution in [0, 0.1) is 5.92 Å². The molecule has 3 nitrogen and oxygen atoms in total. The highest BCUT2D eigenvalue weighted by Gasteiger charge is 2.09. The zero-order valence-electron chi connectivity index (χ0n) is 10.6. The van der Waals surface area contributed by atoms with Crippen molar-refractivity contribution in [1.82, 2.24) is 10.3 Å². The molecule has 0 radical (unpaired) electrons. The standard InChI is InChI=1S/C13H18N2OS2/c1-9(2)12(16)7-14-5-11-6-15-13(18-11)10-3-4-17-8-10/h3-4,6,8-9,12,14,16H,5,7H2,1-2H3. The summed E-state index contributed by atoms with van der Waals surface area (Å²) in [5, 5.41) is 18.2. The molecule has 0 bridgehead atoms. The van der Waals surface area contributed by atoms with Crippen molar-refractivity contribution in [3.63, 3.8) is 0 Å². The van der Waals surface area contributed by atoms with Gasteiger partial charge in [0, 0.05) is 35.1 Å². The van der Waals surface area contributed by atoms with E-state index in [1.165, 1.54) is 10.4 Å². The van der Waals surface area contributed by atoms with E-state index in [1.54, 1.807) is 22.7 Å². The number of nitrogens with one attached hydrogen (secondary N) is 1. The third-order valence-corrected chi connectivity index (χ3v) is 4.47. The van der Waals surface area contributed by atoms with Gasteiger partial charge in [-0.05, 0) is 17.4 Å². The average molecular weight is 282 g/mol. The van der Waals surface area contributed by atoms with E-state index in [0.29, 0.717) is 12.5 Å². The molecular weight excluding hydrogens is 264 g/mol. The maximum atomic E-state index is 9.69. The van der Waals surface area contributed by atoms with Crippen molar-refractivity contribution >= 4 is 22.7 Å². The highest BCUT2D eigenvalue weighted by atomic mass is 32.1. The predicted octanol–water partition coefficient (Wildman–Crippen LogP) is 2.98. The molecule has 0 saturated heterocycles. The lowest BCUT2D eigenvalue weighted by Gasteiger charge is -2.14. The summed E-state index contributed by atoms with van der Waals surface area (Å²) >= 11 is 3.39. The Balaban J connectivity index is 1.84. The molecular formula is C13H18N2OS2. The normalized spacial score (nSPS) is 13.1. The molecule has 18 heavy (non-hydrogen) atoms. The van der Waals surface area contributed by atoms with E-state index in [2.05, 4.69) is 27.1 Å². The van der Waals surface area contributed by atoms with Crippen LogP contribution in [0.25, 0.3) is 10.6 Å². The highest BCUT2D eigenvalue weighted by Crippen LogP contribution is 2.26. The summed E-state index contributed by atoms with van der Waals surface area (Å²) in [6, 6.07) is 2.09. The van der Waals surface area contributed by atoms with Crippen LogP contribution in [0.5, 0.6) is 0 Å². The van der Waals surface area contributed by atoms with Crippen LogP contribution in [0.2, 0.25) is 0 Å². The maximum absolute atomic E-state index is 9.69. The van der Waals surface area contributed by atoms with Gasteiger partial charge in [0.1, 0.15) is 5.01 Å². The lowest BCUT2D eigenvalue weighted by atomic mass is 10.1. The molecule has 98 valence electrons. The van der Waals surface area contributed by atoms with E-state index in [-0.39, 0.29) is 6.10 Å². The summed E-state index contributed by atoms with van der Waals surface area (Å²) in [7, 11) is 0. The fourth-order valence-corrected chi connectivity index (χ4v) is 3.08. The molecule has 0 aliphatic rings. The number of aliphatic hydroxyl groups is 1. The fourth-order valence-electron chi connectivity index (χ4n) is 1.49. The molecule has 0 aliphatic carbocycles. The molecule has 2 N–H and O–H groups in total. The Labute approximate surface area is 116 Å². The smallest absolute Gasteiger partial charge is 0.124 e. The van der Waals surface area contributed by atoms with Gasteiger partial charge in [-0.3, -0.25) is 0 Å². The van der Waals surface area contributed by atoms with Gasteiger partial charge in [0.2, 0.25) is 0 Å². The highest BCUT2D eigenvalue weighted by molar-refractivity contribution is 7.15. The molecule has 2 heterocycles. The SMILES string of the molecule is CC(C)C(O)CNCc1cnc(-c2ccsc2)s1. The number of aliphatic hydroxyl groups excluding tert-OH is 1. The molecule has 0 fully saturated rings. The van der Waals surface area contributed by atoms with Crippen molar-refractivity contribution in [3.8, 4) is 10.6 Å². The van der Waals surface area contributed by atoms with Gasteiger partial charge >= 0.3 is 0 Å². The Morgan fingerprint density at radius 2 is 2.28 bits per heavy atom. The van der Waals surface area contributed by atoms with E-state index >= 15 is 0 Å². The van der Waals surface area contributed by atoms with Crippen LogP contribution in [0.4, 0.5) is 0 Å². The maximum Gasteiger partial charge on any atom is 0.124 e. The Morgan fingerprint density at radius 3 is 2.94 bits per heavy atom. The van der Waals surface area contributed by atoms with Gasteiger partial charge in [-0.15, -0.1) is 11.3 Å².